The minimum absolute atomic E-state index is 0.331. The van der Waals surface area contributed by atoms with E-state index in [4.69, 9.17) is 10.9 Å². The summed E-state index contributed by atoms with van der Waals surface area (Å²) in [7, 11) is 0. The Hall–Kier alpha value is -2.18. The molecule has 5 N–H and O–H groups in total. The van der Waals surface area contributed by atoms with E-state index in [1.807, 2.05) is 29.7 Å². The Morgan fingerprint density at radius 3 is 2.76 bits per heavy atom. The standard InChI is InChI=1S/C11H13N5O/c12-6-8-2-1-3-9(4-8)15-10-5-11(16-17)14-7-13-10/h1-5,7,17H,6,12H2,(H2,13,14,15,16). The van der Waals surface area contributed by atoms with Crippen LogP contribution in [-0.4, -0.2) is 15.2 Å². The second-order valence-electron chi connectivity index (χ2n) is 3.43. The molecule has 1 aromatic heterocycles. The zero-order chi connectivity index (χ0) is 12.1. The lowest BCUT2D eigenvalue weighted by Crippen LogP contribution is -2.00. The van der Waals surface area contributed by atoms with Crippen molar-refractivity contribution < 1.29 is 5.21 Å². The lowest BCUT2D eigenvalue weighted by atomic mass is 10.2. The van der Waals surface area contributed by atoms with Gasteiger partial charge in [0.2, 0.25) is 0 Å². The first-order valence-electron chi connectivity index (χ1n) is 5.10. The van der Waals surface area contributed by atoms with Crippen LogP contribution >= 0.6 is 0 Å². The molecule has 0 aliphatic rings. The van der Waals surface area contributed by atoms with Crippen LogP contribution in [0.25, 0.3) is 0 Å². The fourth-order valence-electron chi connectivity index (χ4n) is 1.41. The Bertz CT molecular complexity index is 457. The van der Waals surface area contributed by atoms with Crippen LogP contribution < -0.4 is 16.5 Å². The summed E-state index contributed by atoms with van der Waals surface area (Å²) in [4.78, 5) is 7.83. The molecule has 6 heteroatoms. The van der Waals surface area contributed by atoms with Crippen LogP contribution in [-0.2, 0) is 6.54 Å². The number of nitrogens with two attached hydrogens (primary N) is 1. The Balaban J connectivity index is 2.18. The molecule has 1 heterocycles. The fourth-order valence-corrected chi connectivity index (χ4v) is 1.41. The Labute approximate surface area is 98.5 Å². The molecular formula is C11H13N5O. The van der Waals surface area contributed by atoms with Gasteiger partial charge in [0, 0.05) is 18.3 Å². The summed E-state index contributed by atoms with van der Waals surface area (Å²) in [6.07, 6.45) is 1.35. The molecule has 0 aliphatic carbocycles. The van der Waals surface area contributed by atoms with Gasteiger partial charge in [0.15, 0.2) is 5.82 Å². The van der Waals surface area contributed by atoms with Crippen LogP contribution in [0.1, 0.15) is 5.56 Å². The normalized spacial score (nSPS) is 10.0. The van der Waals surface area contributed by atoms with Crippen molar-refractivity contribution in [1.29, 1.82) is 0 Å². The van der Waals surface area contributed by atoms with Crippen LogP contribution in [0, 0.1) is 0 Å². The van der Waals surface area contributed by atoms with Gasteiger partial charge >= 0.3 is 0 Å². The van der Waals surface area contributed by atoms with Crippen LogP contribution in [0.4, 0.5) is 17.3 Å². The van der Waals surface area contributed by atoms with E-state index in [0.717, 1.165) is 11.3 Å². The van der Waals surface area contributed by atoms with E-state index in [1.54, 1.807) is 6.07 Å². The summed E-state index contributed by atoms with van der Waals surface area (Å²) in [6, 6.07) is 9.30. The molecule has 1 aromatic carbocycles. The van der Waals surface area contributed by atoms with Crippen molar-refractivity contribution >= 4 is 17.3 Å². The molecular weight excluding hydrogens is 218 g/mol. The van der Waals surface area contributed by atoms with Gasteiger partial charge in [-0.2, -0.15) is 0 Å². The van der Waals surface area contributed by atoms with E-state index in [-0.39, 0.29) is 0 Å². The summed E-state index contributed by atoms with van der Waals surface area (Å²) >= 11 is 0. The maximum absolute atomic E-state index is 8.73. The van der Waals surface area contributed by atoms with E-state index >= 15 is 0 Å². The van der Waals surface area contributed by atoms with Crippen molar-refractivity contribution in [3.63, 3.8) is 0 Å². The Kier molecular flexibility index (Phi) is 3.49. The van der Waals surface area contributed by atoms with Gasteiger partial charge in [0.05, 0.1) is 0 Å². The van der Waals surface area contributed by atoms with Gasteiger partial charge in [-0.05, 0) is 17.7 Å². The summed E-state index contributed by atoms with van der Waals surface area (Å²) in [5, 5.41) is 11.8. The van der Waals surface area contributed by atoms with E-state index < -0.39 is 0 Å². The summed E-state index contributed by atoms with van der Waals surface area (Å²) in [5.41, 5.74) is 9.44. The van der Waals surface area contributed by atoms with Gasteiger partial charge in [-0.25, -0.2) is 9.97 Å². The van der Waals surface area contributed by atoms with Crippen molar-refractivity contribution in [2.75, 3.05) is 10.8 Å². The van der Waals surface area contributed by atoms with Gasteiger partial charge in [0.25, 0.3) is 0 Å². The number of aromatic nitrogens is 2. The maximum Gasteiger partial charge on any atom is 0.154 e. The molecule has 0 amide bonds. The zero-order valence-corrected chi connectivity index (χ0v) is 9.09. The van der Waals surface area contributed by atoms with Crippen molar-refractivity contribution in [1.82, 2.24) is 9.97 Å². The molecule has 17 heavy (non-hydrogen) atoms. The first kappa shape index (κ1) is 11.3. The third-order valence-corrected chi connectivity index (χ3v) is 2.22. The first-order valence-corrected chi connectivity index (χ1v) is 5.10. The van der Waals surface area contributed by atoms with E-state index in [0.29, 0.717) is 18.2 Å². The average Bonchev–Trinajstić information content (AvgIpc) is 2.39. The molecule has 0 fully saturated rings. The van der Waals surface area contributed by atoms with Crippen LogP contribution in [0.15, 0.2) is 36.7 Å². The molecule has 2 rings (SSSR count). The molecule has 0 saturated carbocycles. The van der Waals surface area contributed by atoms with Crippen LogP contribution in [0.3, 0.4) is 0 Å². The third kappa shape index (κ3) is 2.90. The van der Waals surface area contributed by atoms with Gasteiger partial charge < -0.3 is 11.1 Å². The first-order chi connectivity index (χ1) is 8.31. The summed E-state index contributed by atoms with van der Waals surface area (Å²) in [6.45, 7) is 0.489. The van der Waals surface area contributed by atoms with Crippen molar-refractivity contribution in [3.8, 4) is 0 Å². The Morgan fingerprint density at radius 2 is 2.00 bits per heavy atom. The highest BCUT2D eigenvalue weighted by atomic mass is 16.5. The molecule has 0 radical (unpaired) electrons. The van der Waals surface area contributed by atoms with Gasteiger partial charge in [0.1, 0.15) is 12.1 Å². The van der Waals surface area contributed by atoms with Crippen molar-refractivity contribution in [2.24, 2.45) is 5.73 Å². The van der Waals surface area contributed by atoms with E-state index in [2.05, 4.69) is 15.3 Å². The van der Waals surface area contributed by atoms with Gasteiger partial charge in [-0.3, -0.25) is 10.7 Å². The highest BCUT2D eigenvalue weighted by Gasteiger charge is 1.99. The number of nitrogens with one attached hydrogen (secondary N) is 2. The summed E-state index contributed by atoms with van der Waals surface area (Å²) < 4.78 is 0. The number of anilines is 3. The number of benzene rings is 1. The SMILES string of the molecule is NCc1cccc(Nc2cc(NO)ncn2)c1. The third-order valence-electron chi connectivity index (χ3n) is 2.22. The van der Waals surface area contributed by atoms with Gasteiger partial charge in [-0.1, -0.05) is 12.1 Å². The van der Waals surface area contributed by atoms with Crippen LogP contribution in [0.5, 0.6) is 0 Å². The molecule has 0 unspecified atom stereocenters. The monoisotopic (exact) mass is 231 g/mol. The number of hydrogen-bond acceptors (Lipinski definition) is 6. The average molecular weight is 231 g/mol. The fraction of sp³-hybridized carbons (Fsp3) is 0.0909. The maximum atomic E-state index is 8.73. The smallest absolute Gasteiger partial charge is 0.154 e. The van der Waals surface area contributed by atoms with Gasteiger partial charge in [-0.15, -0.1) is 0 Å². The molecule has 0 aliphatic heterocycles. The lowest BCUT2D eigenvalue weighted by Gasteiger charge is -2.07. The quantitative estimate of drug-likeness (QED) is 0.595. The van der Waals surface area contributed by atoms with E-state index in [9.17, 15) is 0 Å². The second kappa shape index (κ2) is 5.24. The van der Waals surface area contributed by atoms with Crippen LogP contribution in [0.2, 0.25) is 0 Å². The molecule has 0 spiro atoms. The number of rotatable bonds is 4. The topological polar surface area (TPSA) is 96.1 Å². The van der Waals surface area contributed by atoms with E-state index in [1.165, 1.54) is 6.33 Å². The summed E-state index contributed by atoms with van der Waals surface area (Å²) in [5.74, 6) is 0.920. The molecule has 2 aromatic rings. The molecule has 88 valence electrons. The molecule has 0 bridgehead atoms. The van der Waals surface area contributed by atoms with Crippen molar-refractivity contribution in [2.45, 2.75) is 6.54 Å². The molecule has 6 nitrogen and oxygen atoms in total. The largest absolute Gasteiger partial charge is 0.340 e. The lowest BCUT2D eigenvalue weighted by molar-refractivity contribution is 0.386. The minimum atomic E-state index is 0.331. The number of nitrogens with zero attached hydrogens (tertiary/aromatic N) is 2. The highest BCUT2D eigenvalue weighted by Crippen LogP contribution is 2.17. The second-order valence-corrected chi connectivity index (χ2v) is 3.43. The Morgan fingerprint density at radius 1 is 1.18 bits per heavy atom. The number of hydrogen-bond donors (Lipinski definition) is 4. The predicted molar refractivity (Wildman–Crippen MR) is 65.1 cm³/mol. The predicted octanol–water partition coefficient (Wildman–Crippen LogP) is 1.48. The molecule has 0 saturated heterocycles. The highest BCUT2D eigenvalue weighted by molar-refractivity contribution is 5.59. The zero-order valence-electron chi connectivity index (χ0n) is 9.09. The molecule has 0 atom stereocenters. The van der Waals surface area contributed by atoms with Crippen molar-refractivity contribution in [3.05, 3.63) is 42.2 Å². The minimum Gasteiger partial charge on any atom is -0.340 e.